The molecule has 1 aliphatic carbocycles. The summed E-state index contributed by atoms with van der Waals surface area (Å²) in [6.07, 6.45) is 4.79. The van der Waals surface area contributed by atoms with Crippen molar-refractivity contribution in [1.82, 2.24) is 20.2 Å². The molecule has 156 valence electrons. The lowest BCUT2D eigenvalue weighted by atomic mass is 10.0. The first-order valence-corrected chi connectivity index (χ1v) is 11.0. The zero-order chi connectivity index (χ0) is 20.3. The van der Waals surface area contributed by atoms with Gasteiger partial charge in [0.15, 0.2) is 6.04 Å². The molecule has 2 fully saturated rings. The van der Waals surface area contributed by atoms with E-state index in [2.05, 4.69) is 49.4 Å². The third-order valence-electron chi connectivity index (χ3n) is 6.59. The highest BCUT2D eigenvalue weighted by molar-refractivity contribution is 5.47. The number of nitrogens with zero attached hydrogens (tertiary/aromatic N) is 5. The van der Waals surface area contributed by atoms with Gasteiger partial charge in [0.25, 0.3) is 0 Å². The highest BCUT2D eigenvalue weighted by Gasteiger charge is 2.36. The number of benzene rings is 2. The number of rotatable bonds is 5. The monoisotopic (exact) mass is 407 g/mol. The van der Waals surface area contributed by atoms with Crippen LogP contribution in [0.3, 0.4) is 0 Å². The smallest absolute Gasteiger partial charge is 0.214 e. The molecule has 0 unspecified atom stereocenters. The summed E-state index contributed by atoms with van der Waals surface area (Å²) in [6.45, 7) is 3.44. The predicted octanol–water partition coefficient (Wildman–Crippen LogP) is 2.42. The third-order valence-corrected chi connectivity index (χ3v) is 6.59. The van der Waals surface area contributed by atoms with Crippen LogP contribution in [0.15, 0.2) is 54.6 Å². The van der Waals surface area contributed by atoms with E-state index in [1.54, 1.807) is 6.07 Å². The quantitative estimate of drug-likeness (QED) is 0.706. The number of hydrogen-bond acceptors (Lipinski definition) is 4. The van der Waals surface area contributed by atoms with Crippen molar-refractivity contribution in [3.8, 4) is 0 Å². The number of tetrazole rings is 1. The minimum atomic E-state index is -0.147. The number of halogens is 1. The van der Waals surface area contributed by atoms with Crippen LogP contribution >= 0.6 is 0 Å². The molecule has 2 aromatic carbocycles. The number of quaternary nitrogens is 1. The van der Waals surface area contributed by atoms with E-state index in [4.69, 9.17) is 0 Å². The van der Waals surface area contributed by atoms with Crippen LogP contribution in [0.1, 0.15) is 49.2 Å². The van der Waals surface area contributed by atoms with Crippen LogP contribution in [0, 0.1) is 5.82 Å². The molecule has 1 aliphatic heterocycles. The first-order chi connectivity index (χ1) is 14.8. The number of aromatic nitrogens is 4. The molecule has 0 bridgehead atoms. The fraction of sp³-hybridized carbons (Fsp3) is 0.435. The van der Waals surface area contributed by atoms with E-state index in [0.717, 1.165) is 44.8 Å². The van der Waals surface area contributed by atoms with Crippen molar-refractivity contribution in [2.45, 2.75) is 37.8 Å². The number of anilines is 1. The number of piperazine rings is 1. The Bertz CT molecular complexity index is 961. The molecule has 30 heavy (non-hydrogen) atoms. The van der Waals surface area contributed by atoms with Crippen molar-refractivity contribution in [2.24, 2.45) is 0 Å². The molecule has 1 atom stereocenters. The summed E-state index contributed by atoms with van der Waals surface area (Å²) in [5.41, 5.74) is 1.93. The summed E-state index contributed by atoms with van der Waals surface area (Å²) in [4.78, 5) is 3.59. The van der Waals surface area contributed by atoms with Crippen LogP contribution in [0.25, 0.3) is 0 Å². The SMILES string of the molecule is Fc1ccccc1N1CC[NH+]([C@H](c2ccccc2)c2nnnn2C2CCCC2)CC1. The van der Waals surface area contributed by atoms with Crippen molar-refractivity contribution < 1.29 is 9.29 Å². The molecule has 2 aliphatic rings. The molecule has 1 saturated heterocycles. The Kier molecular flexibility index (Phi) is 5.45. The van der Waals surface area contributed by atoms with Gasteiger partial charge in [0, 0.05) is 5.56 Å². The summed E-state index contributed by atoms with van der Waals surface area (Å²) >= 11 is 0. The second-order valence-corrected chi connectivity index (χ2v) is 8.36. The van der Waals surface area contributed by atoms with Crippen molar-refractivity contribution >= 4 is 5.69 Å². The second-order valence-electron chi connectivity index (χ2n) is 8.36. The number of hydrogen-bond donors (Lipinski definition) is 1. The standard InChI is InChI=1S/C23H27FN6/c24-20-12-6-7-13-21(20)28-14-16-29(17-15-28)22(18-8-2-1-3-9-18)23-25-26-27-30(23)19-10-4-5-11-19/h1-3,6-9,12-13,19,22H,4-5,10-11,14-17H2/p+1/t22-/m1/s1. The molecule has 0 amide bonds. The number of para-hydroxylation sites is 1. The fourth-order valence-electron chi connectivity index (χ4n) is 5.04. The maximum absolute atomic E-state index is 14.3. The Balaban J connectivity index is 1.42. The normalized spacial score (nSPS) is 19.3. The lowest BCUT2D eigenvalue weighted by Crippen LogP contribution is -3.15. The van der Waals surface area contributed by atoms with Gasteiger partial charge >= 0.3 is 0 Å². The van der Waals surface area contributed by atoms with Gasteiger partial charge in [-0.25, -0.2) is 9.07 Å². The lowest BCUT2D eigenvalue weighted by molar-refractivity contribution is -0.927. The van der Waals surface area contributed by atoms with Crippen LogP contribution in [0.4, 0.5) is 10.1 Å². The topological polar surface area (TPSA) is 51.3 Å². The van der Waals surface area contributed by atoms with Gasteiger partial charge in [-0.3, -0.25) is 0 Å². The number of nitrogens with one attached hydrogen (secondary N) is 1. The highest BCUT2D eigenvalue weighted by Crippen LogP contribution is 2.31. The van der Waals surface area contributed by atoms with Gasteiger partial charge in [-0.05, 0) is 35.4 Å². The Morgan fingerprint density at radius 2 is 1.63 bits per heavy atom. The molecule has 0 radical (unpaired) electrons. The van der Waals surface area contributed by atoms with E-state index >= 15 is 0 Å². The molecule has 6 nitrogen and oxygen atoms in total. The Morgan fingerprint density at radius 3 is 2.37 bits per heavy atom. The predicted molar refractivity (Wildman–Crippen MR) is 113 cm³/mol. The summed E-state index contributed by atoms with van der Waals surface area (Å²) in [7, 11) is 0. The zero-order valence-electron chi connectivity index (χ0n) is 17.1. The summed E-state index contributed by atoms with van der Waals surface area (Å²) in [5, 5.41) is 13.0. The van der Waals surface area contributed by atoms with Gasteiger partial charge in [0.2, 0.25) is 5.82 Å². The van der Waals surface area contributed by atoms with E-state index in [1.165, 1.54) is 29.4 Å². The first-order valence-electron chi connectivity index (χ1n) is 11.0. The van der Waals surface area contributed by atoms with Crippen LogP contribution in [0.5, 0.6) is 0 Å². The molecule has 5 rings (SSSR count). The maximum Gasteiger partial charge on any atom is 0.214 e. The second kappa shape index (κ2) is 8.52. The van der Waals surface area contributed by atoms with E-state index in [-0.39, 0.29) is 11.9 Å². The molecule has 7 heteroatoms. The Morgan fingerprint density at radius 1 is 0.933 bits per heavy atom. The lowest BCUT2D eigenvalue weighted by Gasteiger charge is -2.37. The van der Waals surface area contributed by atoms with E-state index < -0.39 is 0 Å². The van der Waals surface area contributed by atoms with Gasteiger partial charge in [-0.2, -0.15) is 0 Å². The summed E-state index contributed by atoms with van der Waals surface area (Å²) < 4.78 is 16.3. The molecular formula is C23H28FN6+. The van der Waals surface area contributed by atoms with E-state index in [0.29, 0.717) is 11.7 Å². The van der Waals surface area contributed by atoms with E-state index in [9.17, 15) is 4.39 Å². The summed E-state index contributed by atoms with van der Waals surface area (Å²) in [5.74, 6) is 0.813. The van der Waals surface area contributed by atoms with Crippen molar-refractivity contribution in [1.29, 1.82) is 0 Å². The fourth-order valence-corrected chi connectivity index (χ4v) is 5.04. The van der Waals surface area contributed by atoms with Crippen LogP contribution in [-0.2, 0) is 0 Å². The minimum absolute atomic E-state index is 0.0876. The van der Waals surface area contributed by atoms with Gasteiger partial charge < -0.3 is 9.80 Å². The summed E-state index contributed by atoms with van der Waals surface area (Å²) in [6, 6.07) is 18.1. The molecule has 3 aromatic rings. The average molecular weight is 408 g/mol. The third kappa shape index (κ3) is 3.69. The molecule has 0 spiro atoms. The molecule has 1 saturated carbocycles. The molecule has 2 heterocycles. The van der Waals surface area contributed by atoms with Crippen LogP contribution in [-0.4, -0.2) is 46.4 Å². The maximum atomic E-state index is 14.3. The molecular weight excluding hydrogens is 379 g/mol. The first kappa shape index (κ1) is 19.2. The van der Waals surface area contributed by atoms with Crippen LogP contribution in [0.2, 0.25) is 0 Å². The van der Waals surface area contributed by atoms with Crippen LogP contribution < -0.4 is 9.80 Å². The van der Waals surface area contributed by atoms with E-state index in [1.807, 2.05) is 18.2 Å². The largest absolute Gasteiger partial charge is 0.358 e. The highest BCUT2D eigenvalue weighted by atomic mass is 19.1. The molecule has 1 aromatic heterocycles. The Hall–Kier alpha value is -2.80. The van der Waals surface area contributed by atoms with Gasteiger partial charge in [-0.1, -0.05) is 55.3 Å². The molecule has 1 N–H and O–H groups in total. The minimum Gasteiger partial charge on any atom is -0.358 e. The van der Waals surface area contributed by atoms with Crippen molar-refractivity contribution in [2.75, 3.05) is 31.1 Å². The zero-order valence-corrected chi connectivity index (χ0v) is 17.1. The van der Waals surface area contributed by atoms with Crippen molar-refractivity contribution in [3.63, 3.8) is 0 Å². The van der Waals surface area contributed by atoms with Gasteiger partial charge in [-0.15, -0.1) is 5.10 Å². The van der Waals surface area contributed by atoms with Crippen molar-refractivity contribution in [3.05, 3.63) is 71.8 Å². The van der Waals surface area contributed by atoms with Gasteiger partial charge in [0.05, 0.1) is 37.9 Å². The Labute approximate surface area is 176 Å². The van der Waals surface area contributed by atoms with Gasteiger partial charge in [0.1, 0.15) is 5.82 Å². The average Bonchev–Trinajstić information content (AvgIpc) is 3.48.